The summed E-state index contributed by atoms with van der Waals surface area (Å²) in [6, 6.07) is 0. The van der Waals surface area contributed by atoms with Crippen molar-refractivity contribution in [3.05, 3.63) is 0 Å². The molecule has 0 aliphatic rings. The van der Waals surface area contributed by atoms with Crippen molar-refractivity contribution in [2.45, 2.75) is 25.9 Å². The molecule has 5 heteroatoms. The van der Waals surface area contributed by atoms with Gasteiger partial charge in [-0.1, -0.05) is 21.4 Å². The Morgan fingerprint density at radius 1 is 1.56 bits per heavy atom. The predicted molar refractivity (Wildman–Crippen MR) is 33.1 cm³/mol. The Hall–Kier alpha value is 0.916. The van der Waals surface area contributed by atoms with Crippen LogP contribution in [-0.2, 0) is 4.57 Å². The zero-order chi connectivity index (χ0) is 6.78. The molecule has 50 valence electrons. The standard InChI is InChI=1S/C4H11O3P.Mg/c1-3-4(2)8(5,6)7;/h4H,3H2,1-2H3,(H2,5,6,7);/q;+2/p-2. The van der Waals surface area contributed by atoms with Crippen LogP contribution in [0.2, 0.25) is 0 Å². The summed E-state index contributed by atoms with van der Waals surface area (Å²) in [6.45, 7) is 3.09. The summed E-state index contributed by atoms with van der Waals surface area (Å²) in [5.74, 6) is 0. The van der Waals surface area contributed by atoms with Crippen LogP contribution >= 0.6 is 7.60 Å². The zero-order valence-electron chi connectivity index (χ0n) is 5.66. The van der Waals surface area contributed by atoms with E-state index in [-0.39, 0.29) is 23.1 Å². The molecule has 0 amide bonds. The summed E-state index contributed by atoms with van der Waals surface area (Å²) >= 11 is 0. The minimum atomic E-state index is -4.26. The second-order valence-corrected chi connectivity index (χ2v) is 3.76. The molecule has 0 bridgehead atoms. The van der Waals surface area contributed by atoms with E-state index in [0.29, 0.717) is 6.42 Å². The van der Waals surface area contributed by atoms with Crippen molar-refractivity contribution >= 4 is 30.6 Å². The molecule has 0 aromatic heterocycles. The van der Waals surface area contributed by atoms with E-state index < -0.39 is 13.3 Å². The van der Waals surface area contributed by atoms with Gasteiger partial charge in [0.2, 0.25) is 0 Å². The molecule has 0 heterocycles. The topological polar surface area (TPSA) is 63.2 Å². The average molecular weight is 160 g/mol. The SMILES string of the molecule is CCC(C)P(=O)([O-])[O-].[Mg+2]. The molecular formula is C4H9MgO3P. The van der Waals surface area contributed by atoms with Crippen molar-refractivity contribution in [3.63, 3.8) is 0 Å². The van der Waals surface area contributed by atoms with Crippen LogP contribution in [0.5, 0.6) is 0 Å². The van der Waals surface area contributed by atoms with Gasteiger partial charge < -0.3 is 14.4 Å². The largest absolute Gasteiger partial charge is 2.00 e. The molecule has 1 unspecified atom stereocenters. The van der Waals surface area contributed by atoms with Crippen LogP contribution in [0.4, 0.5) is 0 Å². The van der Waals surface area contributed by atoms with Gasteiger partial charge in [-0.15, -0.1) is 0 Å². The predicted octanol–water partition coefficient (Wildman–Crippen LogP) is -0.682. The van der Waals surface area contributed by atoms with Crippen LogP contribution in [-0.4, -0.2) is 28.7 Å². The molecule has 0 fully saturated rings. The monoisotopic (exact) mass is 160 g/mol. The minimum Gasteiger partial charge on any atom is -0.811 e. The third kappa shape index (κ3) is 5.36. The van der Waals surface area contributed by atoms with Gasteiger partial charge >= 0.3 is 23.1 Å². The Balaban J connectivity index is 0. The first-order chi connectivity index (χ1) is 3.48. The molecular weight excluding hydrogens is 151 g/mol. The molecule has 0 aliphatic carbocycles. The van der Waals surface area contributed by atoms with E-state index in [9.17, 15) is 14.4 Å². The van der Waals surface area contributed by atoms with Gasteiger partial charge in [-0.05, 0) is 12.1 Å². The number of hydrogen-bond acceptors (Lipinski definition) is 3. The molecule has 0 aromatic rings. The van der Waals surface area contributed by atoms with Crippen molar-refractivity contribution < 1.29 is 14.4 Å². The molecule has 0 aliphatic heterocycles. The maximum absolute atomic E-state index is 10.0. The van der Waals surface area contributed by atoms with Crippen LogP contribution in [0.15, 0.2) is 0 Å². The molecule has 1 atom stereocenters. The normalized spacial score (nSPS) is 14.2. The van der Waals surface area contributed by atoms with E-state index in [1.165, 1.54) is 6.92 Å². The fourth-order valence-electron chi connectivity index (χ4n) is 0.224. The van der Waals surface area contributed by atoms with Crippen LogP contribution in [0.3, 0.4) is 0 Å². The molecule has 0 rings (SSSR count). The van der Waals surface area contributed by atoms with E-state index in [4.69, 9.17) is 0 Å². The Morgan fingerprint density at radius 3 is 1.89 bits per heavy atom. The van der Waals surface area contributed by atoms with E-state index in [1.54, 1.807) is 6.92 Å². The van der Waals surface area contributed by atoms with Gasteiger partial charge in [-0.2, -0.15) is 0 Å². The van der Waals surface area contributed by atoms with Crippen molar-refractivity contribution in [2.75, 3.05) is 0 Å². The van der Waals surface area contributed by atoms with Gasteiger partial charge in [-0.3, -0.25) is 0 Å². The Kier molecular flexibility index (Phi) is 6.55. The number of hydrogen-bond donors (Lipinski definition) is 0. The van der Waals surface area contributed by atoms with Crippen LogP contribution in [0.1, 0.15) is 20.3 Å². The maximum Gasteiger partial charge on any atom is 2.00 e. The summed E-state index contributed by atoms with van der Waals surface area (Å²) in [4.78, 5) is 20.1. The van der Waals surface area contributed by atoms with Crippen molar-refractivity contribution in [1.82, 2.24) is 0 Å². The quantitative estimate of drug-likeness (QED) is 0.397. The Morgan fingerprint density at radius 2 is 1.89 bits per heavy atom. The molecule has 0 radical (unpaired) electrons. The van der Waals surface area contributed by atoms with E-state index in [1.807, 2.05) is 0 Å². The summed E-state index contributed by atoms with van der Waals surface area (Å²) < 4.78 is 10.0. The van der Waals surface area contributed by atoms with Gasteiger partial charge in [0.15, 0.2) is 0 Å². The average Bonchev–Trinajstić information content (AvgIpc) is 1.62. The van der Waals surface area contributed by atoms with Crippen molar-refractivity contribution in [2.24, 2.45) is 0 Å². The van der Waals surface area contributed by atoms with E-state index in [0.717, 1.165) is 0 Å². The third-order valence-corrected chi connectivity index (χ3v) is 2.58. The van der Waals surface area contributed by atoms with E-state index >= 15 is 0 Å². The maximum atomic E-state index is 10.0. The van der Waals surface area contributed by atoms with Crippen LogP contribution < -0.4 is 9.79 Å². The van der Waals surface area contributed by atoms with Gasteiger partial charge in [0.05, 0.1) is 0 Å². The fraction of sp³-hybridized carbons (Fsp3) is 1.00. The summed E-state index contributed by atoms with van der Waals surface area (Å²) in [5.41, 5.74) is -0.706. The molecule has 3 nitrogen and oxygen atoms in total. The van der Waals surface area contributed by atoms with E-state index in [2.05, 4.69) is 0 Å². The van der Waals surface area contributed by atoms with Crippen LogP contribution in [0, 0.1) is 0 Å². The first-order valence-corrected chi connectivity index (χ1v) is 4.11. The fourth-order valence-corrected chi connectivity index (χ4v) is 0.671. The van der Waals surface area contributed by atoms with Crippen molar-refractivity contribution in [1.29, 1.82) is 0 Å². The minimum absolute atomic E-state index is 0. The Bertz CT molecular complexity index is 110. The molecule has 0 spiro atoms. The summed E-state index contributed by atoms with van der Waals surface area (Å²) in [7, 11) is -4.26. The zero-order valence-corrected chi connectivity index (χ0v) is 7.97. The van der Waals surface area contributed by atoms with Gasteiger partial charge in [0.1, 0.15) is 0 Å². The third-order valence-electron chi connectivity index (χ3n) is 1.13. The first-order valence-electron chi connectivity index (χ1n) is 2.50. The molecule has 0 saturated carbocycles. The summed E-state index contributed by atoms with van der Waals surface area (Å²) in [5, 5.41) is 0. The molecule has 0 aromatic carbocycles. The molecule has 9 heavy (non-hydrogen) atoms. The second-order valence-electron chi connectivity index (χ2n) is 1.80. The van der Waals surface area contributed by atoms with Gasteiger partial charge in [-0.25, -0.2) is 0 Å². The first kappa shape index (κ1) is 12.6. The smallest absolute Gasteiger partial charge is 0.811 e. The molecule has 0 saturated heterocycles. The van der Waals surface area contributed by atoms with Gasteiger partial charge in [0, 0.05) is 0 Å². The number of rotatable bonds is 2. The second kappa shape index (κ2) is 4.69. The van der Waals surface area contributed by atoms with Crippen LogP contribution in [0.25, 0.3) is 0 Å². The Labute approximate surface area is 71.2 Å². The van der Waals surface area contributed by atoms with Gasteiger partial charge in [0.25, 0.3) is 0 Å². The summed E-state index contributed by atoms with van der Waals surface area (Å²) in [6.07, 6.45) is 0.407. The molecule has 0 N–H and O–H groups in total. The van der Waals surface area contributed by atoms with Crippen molar-refractivity contribution in [3.8, 4) is 0 Å².